The lowest BCUT2D eigenvalue weighted by atomic mass is 9.84. The van der Waals surface area contributed by atoms with E-state index in [1.165, 1.54) is 12.8 Å². The van der Waals surface area contributed by atoms with Crippen molar-refractivity contribution in [2.75, 3.05) is 13.1 Å². The third-order valence-electron chi connectivity index (χ3n) is 5.13. The Labute approximate surface area is 126 Å². The molecule has 1 aliphatic rings. The second kappa shape index (κ2) is 5.74. The molecule has 1 saturated heterocycles. The first-order valence-electron chi connectivity index (χ1n) is 7.92. The largest absolute Gasteiger partial charge is 0.386 e. The molecule has 1 fully saturated rings. The number of aliphatic hydroxyl groups excluding tert-OH is 1. The molecule has 0 amide bonds. The Hall–Kier alpha value is -1.45. The van der Waals surface area contributed by atoms with Crippen molar-refractivity contribution in [3.05, 3.63) is 42.2 Å². The molecule has 3 rings (SSSR count). The lowest BCUT2D eigenvalue weighted by Crippen LogP contribution is -2.49. The minimum absolute atomic E-state index is 0.220. The molecule has 1 aromatic carbocycles. The van der Waals surface area contributed by atoms with Gasteiger partial charge in [0.15, 0.2) is 0 Å². The molecule has 112 valence electrons. The highest BCUT2D eigenvalue weighted by Crippen LogP contribution is 2.38. The van der Waals surface area contributed by atoms with Gasteiger partial charge < -0.3 is 5.11 Å². The van der Waals surface area contributed by atoms with E-state index in [0.29, 0.717) is 0 Å². The first-order valence-corrected chi connectivity index (χ1v) is 7.92. The molecule has 2 atom stereocenters. The fraction of sp³-hybridized carbons (Fsp3) is 0.500. The van der Waals surface area contributed by atoms with E-state index >= 15 is 0 Å². The van der Waals surface area contributed by atoms with Crippen molar-refractivity contribution in [2.24, 2.45) is 0 Å². The molecular formula is C18H24N2O. The Morgan fingerprint density at radius 1 is 1.24 bits per heavy atom. The van der Waals surface area contributed by atoms with E-state index in [0.717, 1.165) is 35.8 Å². The quantitative estimate of drug-likeness (QED) is 0.933. The van der Waals surface area contributed by atoms with Crippen molar-refractivity contribution in [1.29, 1.82) is 0 Å². The summed E-state index contributed by atoms with van der Waals surface area (Å²) in [6.07, 6.45) is 6.57. The highest BCUT2D eigenvalue weighted by atomic mass is 16.3. The van der Waals surface area contributed by atoms with Gasteiger partial charge in [-0.05, 0) is 44.7 Å². The van der Waals surface area contributed by atoms with Crippen molar-refractivity contribution < 1.29 is 5.11 Å². The highest BCUT2D eigenvalue weighted by molar-refractivity contribution is 5.85. The molecule has 3 heteroatoms. The van der Waals surface area contributed by atoms with Gasteiger partial charge in [-0.1, -0.05) is 31.2 Å². The zero-order valence-electron chi connectivity index (χ0n) is 12.9. The van der Waals surface area contributed by atoms with Gasteiger partial charge in [-0.3, -0.25) is 9.88 Å². The molecule has 0 spiro atoms. The zero-order valence-corrected chi connectivity index (χ0v) is 12.9. The van der Waals surface area contributed by atoms with E-state index in [4.69, 9.17) is 0 Å². The van der Waals surface area contributed by atoms with Crippen molar-refractivity contribution in [3.63, 3.8) is 0 Å². The molecule has 1 aromatic heterocycles. The number of rotatable bonds is 4. The van der Waals surface area contributed by atoms with E-state index in [1.807, 2.05) is 24.5 Å². The van der Waals surface area contributed by atoms with Crippen molar-refractivity contribution in [1.82, 2.24) is 9.88 Å². The Balaban J connectivity index is 2.04. The average molecular weight is 284 g/mol. The maximum absolute atomic E-state index is 11.1. The van der Waals surface area contributed by atoms with Crippen LogP contribution in [0, 0.1) is 0 Å². The van der Waals surface area contributed by atoms with E-state index < -0.39 is 6.10 Å². The fourth-order valence-electron chi connectivity index (χ4n) is 3.51. The molecule has 2 unspecified atom stereocenters. The molecule has 1 aliphatic heterocycles. The lowest BCUT2D eigenvalue weighted by molar-refractivity contribution is -0.0133. The van der Waals surface area contributed by atoms with Crippen LogP contribution in [-0.2, 0) is 0 Å². The number of benzene rings is 1. The summed E-state index contributed by atoms with van der Waals surface area (Å²) >= 11 is 0. The Kier molecular flexibility index (Phi) is 3.96. The topological polar surface area (TPSA) is 36.4 Å². The monoisotopic (exact) mass is 284 g/mol. The van der Waals surface area contributed by atoms with Crippen LogP contribution in [0.25, 0.3) is 10.8 Å². The number of aromatic nitrogens is 1. The second-order valence-corrected chi connectivity index (χ2v) is 6.26. The smallest absolute Gasteiger partial charge is 0.0991 e. The minimum atomic E-state index is -0.515. The number of nitrogens with zero attached hydrogens (tertiary/aromatic N) is 2. The first-order chi connectivity index (χ1) is 10.2. The van der Waals surface area contributed by atoms with Crippen LogP contribution in [-0.4, -0.2) is 33.6 Å². The predicted molar refractivity (Wildman–Crippen MR) is 86.2 cm³/mol. The van der Waals surface area contributed by atoms with Gasteiger partial charge in [0.2, 0.25) is 0 Å². The molecule has 0 aliphatic carbocycles. The van der Waals surface area contributed by atoms with Gasteiger partial charge >= 0.3 is 0 Å². The average Bonchev–Trinajstić information content (AvgIpc) is 3.08. The number of likely N-dealkylation sites (tertiary alicyclic amines) is 1. The summed E-state index contributed by atoms with van der Waals surface area (Å²) < 4.78 is 0. The van der Waals surface area contributed by atoms with Crippen LogP contribution < -0.4 is 0 Å². The molecule has 3 nitrogen and oxygen atoms in total. The molecule has 2 aromatic rings. The molecule has 0 radical (unpaired) electrons. The predicted octanol–water partition coefficient (Wildman–Crippen LogP) is 3.53. The molecule has 2 heterocycles. The standard InChI is InChI=1S/C18H24N2O/c1-3-18(2,20-10-6-7-11-20)17(21)16-13-19-12-14-8-4-5-9-15(14)16/h4-5,8-9,12-13,17,21H,3,6-7,10-11H2,1-2H3. The van der Waals surface area contributed by atoms with E-state index in [-0.39, 0.29) is 5.54 Å². The number of aliphatic hydroxyl groups is 1. The summed E-state index contributed by atoms with van der Waals surface area (Å²) in [6.45, 7) is 6.52. The summed E-state index contributed by atoms with van der Waals surface area (Å²) in [5, 5.41) is 13.3. The van der Waals surface area contributed by atoms with Gasteiger partial charge in [0.05, 0.1) is 6.10 Å². The van der Waals surface area contributed by atoms with Crippen molar-refractivity contribution in [3.8, 4) is 0 Å². The number of hydrogen-bond acceptors (Lipinski definition) is 3. The Morgan fingerprint density at radius 2 is 1.95 bits per heavy atom. The summed E-state index contributed by atoms with van der Waals surface area (Å²) in [6, 6.07) is 8.17. The van der Waals surface area contributed by atoms with Crippen LogP contribution in [0.5, 0.6) is 0 Å². The normalized spacial score (nSPS) is 20.5. The second-order valence-electron chi connectivity index (χ2n) is 6.26. The lowest BCUT2D eigenvalue weighted by Gasteiger charge is -2.42. The van der Waals surface area contributed by atoms with Crippen LogP contribution in [0.3, 0.4) is 0 Å². The maximum Gasteiger partial charge on any atom is 0.0991 e. The third-order valence-corrected chi connectivity index (χ3v) is 5.13. The number of hydrogen-bond donors (Lipinski definition) is 1. The van der Waals surface area contributed by atoms with Crippen LogP contribution in [0.2, 0.25) is 0 Å². The van der Waals surface area contributed by atoms with E-state index in [1.54, 1.807) is 0 Å². The van der Waals surface area contributed by atoms with Gasteiger partial charge in [-0.15, -0.1) is 0 Å². The van der Waals surface area contributed by atoms with Gasteiger partial charge in [0.1, 0.15) is 0 Å². The van der Waals surface area contributed by atoms with E-state index in [2.05, 4.69) is 35.9 Å². The minimum Gasteiger partial charge on any atom is -0.386 e. The van der Waals surface area contributed by atoms with Gasteiger partial charge in [0, 0.05) is 28.9 Å². The molecule has 21 heavy (non-hydrogen) atoms. The van der Waals surface area contributed by atoms with Crippen LogP contribution in [0.1, 0.15) is 44.8 Å². The summed E-state index contributed by atoms with van der Waals surface area (Å²) in [7, 11) is 0. The Morgan fingerprint density at radius 3 is 2.67 bits per heavy atom. The van der Waals surface area contributed by atoms with Crippen LogP contribution >= 0.6 is 0 Å². The van der Waals surface area contributed by atoms with Crippen molar-refractivity contribution >= 4 is 10.8 Å². The first kappa shape index (κ1) is 14.5. The third kappa shape index (κ3) is 2.45. The molecule has 0 saturated carbocycles. The summed E-state index contributed by atoms with van der Waals surface area (Å²) in [4.78, 5) is 6.77. The van der Waals surface area contributed by atoms with Gasteiger partial charge in [-0.25, -0.2) is 0 Å². The Bertz CT molecular complexity index is 616. The van der Waals surface area contributed by atoms with Gasteiger partial charge in [0.25, 0.3) is 0 Å². The van der Waals surface area contributed by atoms with Gasteiger partial charge in [-0.2, -0.15) is 0 Å². The molecular weight excluding hydrogens is 260 g/mol. The molecule has 1 N–H and O–H groups in total. The van der Waals surface area contributed by atoms with Crippen molar-refractivity contribution in [2.45, 2.75) is 44.8 Å². The van der Waals surface area contributed by atoms with Crippen LogP contribution in [0.4, 0.5) is 0 Å². The number of pyridine rings is 1. The zero-order chi connectivity index (χ0) is 14.9. The van der Waals surface area contributed by atoms with E-state index in [9.17, 15) is 5.11 Å². The van der Waals surface area contributed by atoms with Crippen LogP contribution in [0.15, 0.2) is 36.7 Å². The fourth-order valence-corrected chi connectivity index (χ4v) is 3.51. The summed E-state index contributed by atoms with van der Waals surface area (Å²) in [5.74, 6) is 0. The molecule has 0 bridgehead atoms. The number of fused-ring (bicyclic) bond motifs is 1. The highest BCUT2D eigenvalue weighted by Gasteiger charge is 2.39. The maximum atomic E-state index is 11.1. The summed E-state index contributed by atoms with van der Waals surface area (Å²) in [5.41, 5.74) is 0.729. The SMILES string of the molecule is CCC(C)(C(O)c1cncc2ccccc12)N1CCCC1.